The first-order chi connectivity index (χ1) is 7.68. The van der Waals surface area contributed by atoms with Crippen LogP contribution >= 0.6 is 0 Å². The molecule has 16 heavy (non-hydrogen) atoms. The largest absolute Gasteiger partial charge is 0.448 e. The van der Waals surface area contributed by atoms with Crippen molar-refractivity contribution in [1.82, 2.24) is 4.90 Å². The van der Waals surface area contributed by atoms with Crippen molar-refractivity contribution < 1.29 is 19.0 Å². The highest BCUT2D eigenvalue weighted by Gasteiger charge is 2.25. The Kier molecular flexibility index (Phi) is 3.05. The second-order valence-electron chi connectivity index (χ2n) is 3.60. The first-order valence-corrected chi connectivity index (χ1v) is 5.02. The number of amides is 1. The maximum Gasteiger partial charge on any atom is 0.410 e. The molecule has 1 amide bonds. The number of hydrogen-bond donors (Lipinski definition) is 1. The van der Waals surface area contributed by atoms with Crippen molar-refractivity contribution in [3.8, 4) is 0 Å². The maximum atomic E-state index is 13.3. The third-order valence-electron chi connectivity index (χ3n) is 2.50. The van der Waals surface area contributed by atoms with Gasteiger partial charge < -0.3 is 14.7 Å². The zero-order valence-corrected chi connectivity index (χ0v) is 8.60. The Bertz CT molecular complexity index is 397. The number of β-amino-alcohol motifs (C(OH)–C–C–N with tert-alkyl or cyclic N) is 1. The quantitative estimate of drug-likeness (QED) is 0.843. The van der Waals surface area contributed by atoms with Gasteiger partial charge in [-0.05, 0) is 6.07 Å². The van der Waals surface area contributed by atoms with Crippen molar-refractivity contribution >= 4 is 6.09 Å². The standard InChI is InChI=1S/C11H12FNO3/c12-9-4-2-1-3-8(9)10(14)7-13-5-6-16-11(13)15/h1-4,10,14H,5-7H2. The summed E-state index contributed by atoms with van der Waals surface area (Å²) >= 11 is 0. The van der Waals surface area contributed by atoms with Gasteiger partial charge >= 0.3 is 6.09 Å². The van der Waals surface area contributed by atoms with Gasteiger partial charge in [0.25, 0.3) is 0 Å². The van der Waals surface area contributed by atoms with E-state index in [4.69, 9.17) is 4.74 Å². The van der Waals surface area contributed by atoms with Crippen molar-refractivity contribution in [3.63, 3.8) is 0 Å². The Morgan fingerprint density at radius 1 is 1.50 bits per heavy atom. The Morgan fingerprint density at radius 2 is 2.25 bits per heavy atom. The number of halogens is 1. The fourth-order valence-corrected chi connectivity index (χ4v) is 1.64. The van der Waals surface area contributed by atoms with Crippen LogP contribution in [0.1, 0.15) is 11.7 Å². The maximum absolute atomic E-state index is 13.3. The van der Waals surface area contributed by atoms with E-state index in [0.29, 0.717) is 13.2 Å². The highest BCUT2D eigenvalue weighted by Crippen LogP contribution is 2.19. The molecule has 0 aromatic heterocycles. The average Bonchev–Trinajstić information content (AvgIpc) is 2.65. The van der Waals surface area contributed by atoms with Gasteiger partial charge in [0.05, 0.1) is 19.2 Å². The second-order valence-corrected chi connectivity index (χ2v) is 3.60. The number of aliphatic hydroxyl groups is 1. The van der Waals surface area contributed by atoms with Crippen molar-refractivity contribution in [2.45, 2.75) is 6.10 Å². The minimum Gasteiger partial charge on any atom is -0.448 e. The van der Waals surface area contributed by atoms with Gasteiger partial charge in [-0.1, -0.05) is 18.2 Å². The fourth-order valence-electron chi connectivity index (χ4n) is 1.64. The lowest BCUT2D eigenvalue weighted by Gasteiger charge is -2.18. The summed E-state index contributed by atoms with van der Waals surface area (Å²) in [6.45, 7) is 0.812. The first-order valence-electron chi connectivity index (χ1n) is 5.02. The lowest BCUT2D eigenvalue weighted by atomic mass is 10.1. The number of aliphatic hydroxyl groups excluding tert-OH is 1. The Balaban J connectivity index is 2.05. The van der Waals surface area contributed by atoms with E-state index in [1.54, 1.807) is 12.1 Å². The predicted molar refractivity (Wildman–Crippen MR) is 54.3 cm³/mol. The number of benzene rings is 1. The summed E-state index contributed by atoms with van der Waals surface area (Å²) in [4.78, 5) is 12.5. The highest BCUT2D eigenvalue weighted by atomic mass is 19.1. The molecule has 1 saturated heterocycles. The van der Waals surface area contributed by atoms with Gasteiger partial charge in [-0.25, -0.2) is 9.18 Å². The molecule has 1 atom stereocenters. The molecule has 0 radical (unpaired) electrons. The van der Waals surface area contributed by atoms with Crippen LogP contribution in [0, 0.1) is 5.82 Å². The van der Waals surface area contributed by atoms with Gasteiger partial charge in [-0.2, -0.15) is 0 Å². The molecule has 0 spiro atoms. The highest BCUT2D eigenvalue weighted by molar-refractivity contribution is 5.69. The van der Waals surface area contributed by atoms with Gasteiger partial charge in [0.1, 0.15) is 12.4 Å². The van der Waals surface area contributed by atoms with E-state index in [9.17, 15) is 14.3 Å². The summed E-state index contributed by atoms with van der Waals surface area (Å²) in [7, 11) is 0. The van der Waals surface area contributed by atoms with Crippen LogP contribution in [0.4, 0.5) is 9.18 Å². The number of cyclic esters (lactones) is 1. The molecule has 0 saturated carbocycles. The van der Waals surface area contributed by atoms with Gasteiger partial charge in [-0.15, -0.1) is 0 Å². The molecule has 86 valence electrons. The molecule has 1 fully saturated rings. The van der Waals surface area contributed by atoms with Gasteiger partial charge in [0.15, 0.2) is 0 Å². The number of nitrogens with zero attached hydrogens (tertiary/aromatic N) is 1. The number of hydrogen-bond acceptors (Lipinski definition) is 3. The molecule has 2 rings (SSSR count). The number of rotatable bonds is 3. The molecule has 1 N–H and O–H groups in total. The smallest absolute Gasteiger partial charge is 0.410 e. The minimum absolute atomic E-state index is 0.0553. The van der Waals surface area contributed by atoms with E-state index >= 15 is 0 Å². The molecule has 1 unspecified atom stereocenters. The molecule has 4 nitrogen and oxygen atoms in total. The predicted octanol–water partition coefficient (Wildman–Crippen LogP) is 1.31. The van der Waals surface area contributed by atoms with Crippen molar-refractivity contribution in [2.75, 3.05) is 19.7 Å². The normalized spacial score (nSPS) is 17.4. The topological polar surface area (TPSA) is 49.8 Å². The van der Waals surface area contributed by atoms with Crippen molar-refractivity contribution in [1.29, 1.82) is 0 Å². The van der Waals surface area contributed by atoms with E-state index in [1.165, 1.54) is 17.0 Å². The van der Waals surface area contributed by atoms with E-state index in [-0.39, 0.29) is 12.1 Å². The SMILES string of the molecule is O=C1OCCN1CC(O)c1ccccc1F. The molecule has 1 aliphatic rings. The zero-order valence-electron chi connectivity index (χ0n) is 8.60. The van der Waals surface area contributed by atoms with Gasteiger partial charge in [0.2, 0.25) is 0 Å². The van der Waals surface area contributed by atoms with Crippen LogP contribution < -0.4 is 0 Å². The summed E-state index contributed by atoms with van der Waals surface area (Å²) in [5.41, 5.74) is 0.196. The Morgan fingerprint density at radius 3 is 2.88 bits per heavy atom. The molecule has 0 aliphatic carbocycles. The summed E-state index contributed by atoms with van der Waals surface area (Å²) in [6, 6.07) is 5.97. The van der Waals surface area contributed by atoms with Crippen molar-refractivity contribution in [2.24, 2.45) is 0 Å². The molecular formula is C11H12FNO3. The summed E-state index contributed by atoms with van der Waals surface area (Å²) in [5, 5.41) is 9.79. The molecular weight excluding hydrogens is 213 g/mol. The van der Waals surface area contributed by atoms with Crippen molar-refractivity contribution in [3.05, 3.63) is 35.6 Å². The molecule has 0 bridgehead atoms. The molecule has 1 aromatic rings. The molecule has 1 aromatic carbocycles. The molecule has 1 aliphatic heterocycles. The number of ether oxygens (including phenoxy) is 1. The molecule has 1 heterocycles. The first kappa shape index (κ1) is 10.9. The monoisotopic (exact) mass is 225 g/mol. The van der Waals surface area contributed by atoms with Crippen LogP contribution in [0.5, 0.6) is 0 Å². The third-order valence-corrected chi connectivity index (χ3v) is 2.50. The van der Waals surface area contributed by atoms with Crippen LogP contribution in [0.2, 0.25) is 0 Å². The average molecular weight is 225 g/mol. The summed E-state index contributed by atoms with van der Waals surface area (Å²) in [6.07, 6.45) is -1.48. The second kappa shape index (κ2) is 4.49. The van der Waals surface area contributed by atoms with Crippen LogP contribution in [0.15, 0.2) is 24.3 Å². The van der Waals surface area contributed by atoms with Crippen LogP contribution in [-0.2, 0) is 4.74 Å². The molecule has 5 heteroatoms. The Labute approximate surface area is 92.2 Å². The van der Waals surface area contributed by atoms with E-state index in [0.717, 1.165) is 0 Å². The number of carbonyl (C=O) groups is 1. The minimum atomic E-state index is -1.02. The van der Waals surface area contributed by atoms with Crippen LogP contribution in [0.25, 0.3) is 0 Å². The van der Waals surface area contributed by atoms with E-state index in [1.807, 2.05) is 0 Å². The zero-order chi connectivity index (χ0) is 11.5. The Hall–Kier alpha value is -1.62. The fraction of sp³-hybridized carbons (Fsp3) is 0.364. The summed E-state index contributed by atoms with van der Waals surface area (Å²) < 4.78 is 18.0. The van der Waals surface area contributed by atoms with Crippen LogP contribution in [0.3, 0.4) is 0 Å². The third kappa shape index (κ3) is 2.14. The van der Waals surface area contributed by atoms with Gasteiger partial charge in [0, 0.05) is 5.56 Å². The van der Waals surface area contributed by atoms with Gasteiger partial charge in [-0.3, -0.25) is 0 Å². The van der Waals surface area contributed by atoms with E-state index in [2.05, 4.69) is 0 Å². The lowest BCUT2D eigenvalue weighted by Crippen LogP contribution is -2.29. The van der Waals surface area contributed by atoms with E-state index < -0.39 is 18.0 Å². The summed E-state index contributed by atoms with van der Waals surface area (Å²) in [5.74, 6) is -0.470. The lowest BCUT2D eigenvalue weighted by molar-refractivity contribution is 0.116. The van der Waals surface area contributed by atoms with Crippen LogP contribution in [-0.4, -0.2) is 35.8 Å². The number of carbonyl (C=O) groups excluding carboxylic acids is 1.